The second-order valence-electron chi connectivity index (χ2n) is 5.92. The summed E-state index contributed by atoms with van der Waals surface area (Å²) in [5, 5.41) is 8.97. The maximum absolute atomic E-state index is 12.9. The highest BCUT2D eigenvalue weighted by Gasteiger charge is 2.28. The minimum Gasteiger partial charge on any atom is -0.379 e. The largest absolute Gasteiger partial charge is 0.379 e. The van der Waals surface area contributed by atoms with Gasteiger partial charge in [-0.15, -0.1) is 0 Å². The van der Waals surface area contributed by atoms with Crippen LogP contribution in [-0.2, 0) is 21.2 Å². The Labute approximate surface area is 152 Å². The Bertz CT molecular complexity index is 957. The highest BCUT2D eigenvalue weighted by Crippen LogP contribution is 2.22. The zero-order chi connectivity index (χ0) is 18.6. The van der Waals surface area contributed by atoms with E-state index in [0.29, 0.717) is 43.0 Å². The van der Waals surface area contributed by atoms with E-state index in [4.69, 9.17) is 10.00 Å². The van der Waals surface area contributed by atoms with Gasteiger partial charge in [0.15, 0.2) is 5.78 Å². The second-order valence-corrected chi connectivity index (χ2v) is 7.82. The van der Waals surface area contributed by atoms with Crippen molar-refractivity contribution in [1.82, 2.24) is 4.31 Å². The molecule has 0 amide bonds. The lowest BCUT2D eigenvalue weighted by Crippen LogP contribution is -2.41. The molecule has 1 heterocycles. The number of carbonyl (C=O) groups excluding carboxylic acids is 1. The number of benzene rings is 2. The smallest absolute Gasteiger partial charge is 0.243 e. The Hall–Kier alpha value is -2.53. The zero-order valence-electron chi connectivity index (χ0n) is 14.1. The van der Waals surface area contributed by atoms with E-state index in [0.717, 1.165) is 0 Å². The molecule has 0 unspecified atom stereocenters. The van der Waals surface area contributed by atoms with E-state index >= 15 is 0 Å². The minimum atomic E-state index is -3.68. The van der Waals surface area contributed by atoms with E-state index in [1.54, 1.807) is 36.4 Å². The van der Waals surface area contributed by atoms with Crippen molar-refractivity contribution in [3.05, 3.63) is 65.2 Å². The van der Waals surface area contributed by atoms with Gasteiger partial charge in [-0.3, -0.25) is 4.79 Å². The van der Waals surface area contributed by atoms with Crippen LogP contribution in [0.15, 0.2) is 53.4 Å². The van der Waals surface area contributed by atoms with Crippen LogP contribution in [0.3, 0.4) is 0 Å². The van der Waals surface area contributed by atoms with Crippen LogP contribution in [0.5, 0.6) is 0 Å². The van der Waals surface area contributed by atoms with Gasteiger partial charge < -0.3 is 4.74 Å². The fraction of sp³-hybridized carbons (Fsp3) is 0.263. The predicted molar refractivity (Wildman–Crippen MR) is 95.2 cm³/mol. The number of ether oxygens (including phenoxy) is 1. The van der Waals surface area contributed by atoms with Gasteiger partial charge in [0.1, 0.15) is 0 Å². The monoisotopic (exact) mass is 370 g/mol. The third-order valence-corrected chi connectivity index (χ3v) is 6.22. The number of Topliss-reactive ketones (excluding diaryl/α,β-unsaturated/α-hetero) is 1. The fourth-order valence-electron chi connectivity index (χ4n) is 2.86. The Kier molecular flexibility index (Phi) is 5.47. The summed E-state index contributed by atoms with van der Waals surface area (Å²) in [5.74, 6) is -0.230. The van der Waals surface area contributed by atoms with E-state index in [1.807, 2.05) is 6.07 Å². The first-order chi connectivity index (χ1) is 12.5. The lowest BCUT2D eigenvalue weighted by atomic mass is 10.0. The van der Waals surface area contributed by atoms with Gasteiger partial charge in [-0.1, -0.05) is 30.3 Å². The van der Waals surface area contributed by atoms with E-state index in [2.05, 4.69) is 0 Å². The summed E-state index contributed by atoms with van der Waals surface area (Å²) in [6.07, 6.45) is -0.0470. The Balaban J connectivity index is 1.90. The van der Waals surface area contributed by atoms with Gasteiger partial charge in [0.2, 0.25) is 10.0 Å². The van der Waals surface area contributed by atoms with Crippen LogP contribution in [-0.4, -0.2) is 44.8 Å². The van der Waals surface area contributed by atoms with Crippen molar-refractivity contribution in [2.24, 2.45) is 0 Å². The van der Waals surface area contributed by atoms with Crippen LogP contribution in [0.1, 0.15) is 21.5 Å². The molecule has 3 rings (SSSR count). The van der Waals surface area contributed by atoms with Crippen molar-refractivity contribution in [3.8, 4) is 6.07 Å². The number of sulfonamides is 1. The minimum absolute atomic E-state index is 0.0470. The highest BCUT2D eigenvalue weighted by atomic mass is 32.2. The van der Waals surface area contributed by atoms with Gasteiger partial charge in [-0.25, -0.2) is 8.42 Å². The van der Waals surface area contributed by atoms with Crippen molar-refractivity contribution in [1.29, 1.82) is 5.26 Å². The summed E-state index contributed by atoms with van der Waals surface area (Å²) in [7, 11) is -3.68. The summed E-state index contributed by atoms with van der Waals surface area (Å²) < 4.78 is 32.5. The number of nitrogens with zero attached hydrogens (tertiary/aromatic N) is 2. The van der Waals surface area contributed by atoms with Crippen LogP contribution in [0.2, 0.25) is 0 Å². The van der Waals surface area contributed by atoms with Gasteiger partial charge in [0.25, 0.3) is 0 Å². The molecule has 0 saturated carbocycles. The molecule has 1 fully saturated rings. The SMILES string of the molecule is N#Cc1cccc(C(=O)Cc2ccccc2S(=O)(=O)N2CCOCC2)c1. The van der Waals surface area contributed by atoms with Crippen LogP contribution >= 0.6 is 0 Å². The molecule has 0 spiro atoms. The van der Waals surface area contributed by atoms with Crippen molar-refractivity contribution >= 4 is 15.8 Å². The molecule has 0 bridgehead atoms. The standard InChI is InChI=1S/C19H18N2O4S/c20-14-15-4-3-6-16(12-15)18(22)13-17-5-1-2-7-19(17)26(23,24)21-8-10-25-11-9-21/h1-7,12H,8-11,13H2. The van der Waals surface area contributed by atoms with Crippen molar-refractivity contribution in [3.63, 3.8) is 0 Å². The first-order valence-electron chi connectivity index (χ1n) is 8.21. The molecule has 134 valence electrons. The third kappa shape index (κ3) is 3.83. The molecular weight excluding hydrogens is 352 g/mol. The molecule has 6 nitrogen and oxygen atoms in total. The summed E-state index contributed by atoms with van der Waals surface area (Å²) in [6, 6.07) is 14.9. The van der Waals surface area contributed by atoms with Crippen LogP contribution in [0, 0.1) is 11.3 Å². The molecule has 2 aromatic rings. The lowest BCUT2D eigenvalue weighted by molar-refractivity contribution is 0.0730. The van der Waals surface area contributed by atoms with Crippen molar-refractivity contribution in [2.45, 2.75) is 11.3 Å². The lowest BCUT2D eigenvalue weighted by Gasteiger charge is -2.26. The molecule has 0 aliphatic carbocycles. The number of morpholine rings is 1. The average Bonchev–Trinajstić information content (AvgIpc) is 2.69. The first-order valence-corrected chi connectivity index (χ1v) is 9.65. The Morgan fingerprint density at radius 2 is 1.85 bits per heavy atom. The predicted octanol–water partition coefficient (Wildman–Crippen LogP) is 2.00. The molecule has 0 N–H and O–H groups in total. The van der Waals surface area contributed by atoms with Gasteiger partial charge in [0.05, 0.1) is 29.7 Å². The average molecular weight is 370 g/mol. The quantitative estimate of drug-likeness (QED) is 0.751. The van der Waals surface area contributed by atoms with Crippen molar-refractivity contribution < 1.29 is 17.9 Å². The number of hydrogen-bond donors (Lipinski definition) is 0. The van der Waals surface area contributed by atoms with E-state index < -0.39 is 10.0 Å². The highest BCUT2D eigenvalue weighted by molar-refractivity contribution is 7.89. The molecule has 1 saturated heterocycles. The summed E-state index contributed by atoms with van der Waals surface area (Å²) >= 11 is 0. The molecule has 1 aliphatic heterocycles. The number of hydrogen-bond acceptors (Lipinski definition) is 5. The van der Waals surface area contributed by atoms with Gasteiger partial charge in [-0.2, -0.15) is 9.57 Å². The normalized spacial score (nSPS) is 15.3. The molecule has 0 atom stereocenters. The maximum atomic E-state index is 12.9. The fourth-order valence-corrected chi connectivity index (χ4v) is 4.49. The zero-order valence-corrected chi connectivity index (χ0v) is 14.9. The molecule has 0 aromatic heterocycles. The van der Waals surface area contributed by atoms with E-state index in [1.165, 1.54) is 16.4 Å². The molecule has 0 radical (unpaired) electrons. The van der Waals surface area contributed by atoms with Crippen LogP contribution < -0.4 is 0 Å². The summed E-state index contributed by atoms with van der Waals surface area (Å²) in [5.41, 5.74) is 1.24. The molecule has 26 heavy (non-hydrogen) atoms. The number of carbonyl (C=O) groups is 1. The number of nitriles is 1. The Morgan fingerprint density at radius 3 is 2.58 bits per heavy atom. The third-order valence-electron chi connectivity index (χ3n) is 4.23. The summed E-state index contributed by atoms with van der Waals surface area (Å²) in [6.45, 7) is 1.33. The molecule has 7 heteroatoms. The number of rotatable bonds is 5. The van der Waals surface area contributed by atoms with Crippen LogP contribution in [0.25, 0.3) is 0 Å². The van der Waals surface area contributed by atoms with Gasteiger partial charge >= 0.3 is 0 Å². The van der Waals surface area contributed by atoms with Gasteiger partial charge in [0, 0.05) is 25.1 Å². The topological polar surface area (TPSA) is 87.5 Å². The molecule has 2 aromatic carbocycles. The Morgan fingerprint density at radius 1 is 1.12 bits per heavy atom. The van der Waals surface area contributed by atoms with E-state index in [9.17, 15) is 13.2 Å². The first kappa shape index (κ1) is 18.3. The second kappa shape index (κ2) is 7.79. The maximum Gasteiger partial charge on any atom is 0.243 e. The summed E-state index contributed by atoms with van der Waals surface area (Å²) in [4.78, 5) is 12.7. The molecule has 1 aliphatic rings. The van der Waals surface area contributed by atoms with Crippen LogP contribution in [0.4, 0.5) is 0 Å². The van der Waals surface area contributed by atoms with Gasteiger partial charge in [-0.05, 0) is 23.8 Å². The molecular formula is C19H18N2O4S. The van der Waals surface area contributed by atoms with E-state index in [-0.39, 0.29) is 17.1 Å². The van der Waals surface area contributed by atoms with Crippen molar-refractivity contribution in [2.75, 3.05) is 26.3 Å². The number of ketones is 1.